The average molecular weight is 281 g/mol. The number of nitro groups is 1. The van der Waals surface area contributed by atoms with Crippen LogP contribution in [-0.2, 0) is 6.42 Å². The van der Waals surface area contributed by atoms with Crippen molar-refractivity contribution in [3.63, 3.8) is 0 Å². The van der Waals surface area contributed by atoms with Gasteiger partial charge < -0.3 is 4.42 Å². The monoisotopic (exact) mass is 281 g/mol. The van der Waals surface area contributed by atoms with Gasteiger partial charge in [-0.2, -0.15) is 0 Å². The number of hydrogen-bond donors (Lipinski definition) is 0. The van der Waals surface area contributed by atoms with Crippen LogP contribution in [0.25, 0.3) is 11.0 Å². The molecule has 3 aromatic rings. The molecule has 0 radical (unpaired) electrons. The highest BCUT2D eigenvalue weighted by atomic mass is 16.6. The van der Waals surface area contributed by atoms with E-state index in [1.54, 1.807) is 13.0 Å². The van der Waals surface area contributed by atoms with Gasteiger partial charge in [0.05, 0.1) is 4.92 Å². The Labute approximate surface area is 122 Å². The zero-order chi connectivity index (χ0) is 15.0. The third kappa shape index (κ3) is 2.29. The molecule has 4 nitrogen and oxygen atoms in total. The number of benzene rings is 2. The summed E-state index contributed by atoms with van der Waals surface area (Å²) in [4.78, 5) is 10.7. The highest BCUT2D eigenvalue weighted by Crippen LogP contribution is 2.34. The number of hydrogen-bond acceptors (Lipinski definition) is 3. The Kier molecular flexibility index (Phi) is 3.22. The normalized spacial score (nSPS) is 11.0. The van der Waals surface area contributed by atoms with E-state index in [1.807, 2.05) is 37.3 Å². The summed E-state index contributed by atoms with van der Waals surface area (Å²) < 4.78 is 5.90. The van der Waals surface area contributed by atoms with E-state index in [4.69, 9.17) is 4.42 Å². The first kappa shape index (κ1) is 13.4. The minimum atomic E-state index is -0.349. The minimum Gasteiger partial charge on any atom is -0.460 e. The molecule has 1 heterocycles. The van der Waals surface area contributed by atoms with Crippen LogP contribution in [0, 0.1) is 24.0 Å². The summed E-state index contributed by atoms with van der Waals surface area (Å²) in [5.74, 6) is 0.861. The zero-order valence-corrected chi connectivity index (χ0v) is 11.9. The number of nitro benzene ring substituents is 1. The first-order valence-corrected chi connectivity index (χ1v) is 6.78. The molecule has 0 fully saturated rings. The molecule has 0 aliphatic heterocycles. The fraction of sp³-hybridized carbons (Fsp3) is 0.176. The number of fused-ring (bicyclic) bond motifs is 1. The van der Waals surface area contributed by atoms with Crippen LogP contribution in [0.3, 0.4) is 0 Å². The molecule has 0 aliphatic carbocycles. The van der Waals surface area contributed by atoms with Crippen LogP contribution in [0.5, 0.6) is 0 Å². The second kappa shape index (κ2) is 5.05. The maximum absolute atomic E-state index is 11.0. The molecule has 0 bridgehead atoms. The average Bonchev–Trinajstić information content (AvgIpc) is 2.77. The Morgan fingerprint density at radius 3 is 2.43 bits per heavy atom. The standard InChI is InChI=1S/C17H15NO3/c1-11-14(18(19)20)8-9-15-17(11)12(2)16(21-15)10-13-6-4-3-5-7-13/h3-9H,10H2,1-2H3. The molecular weight excluding hydrogens is 266 g/mol. The summed E-state index contributed by atoms with van der Waals surface area (Å²) in [5.41, 5.74) is 3.65. The predicted octanol–water partition coefficient (Wildman–Crippen LogP) is 4.55. The first-order valence-electron chi connectivity index (χ1n) is 6.78. The lowest BCUT2D eigenvalue weighted by atomic mass is 10.0. The van der Waals surface area contributed by atoms with Crippen molar-refractivity contribution in [3.8, 4) is 0 Å². The van der Waals surface area contributed by atoms with Crippen molar-refractivity contribution in [2.24, 2.45) is 0 Å². The Morgan fingerprint density at radius 2 is 1.76 bits per heavy atom. The van der Waals surface area contributed by atoms with Gasteiger partial charge in [-0.05, 0) is 31.0 Å². The van der Waals surface area contributed by atoms with Gasteiger partial charge in [0.25, 0.3) is 5.69 Å². The van der Waals surface area contributed by atoms with Gasteiger partial charge in [-0.25, -0.2) is 0 Å². The molecule has 0 atom stereocenters. The van der Waals surface area contributed by atoms with Crippen molar-refractivity contribution in [1.29, 1.82) is 0 Å². The molecule has 0 unspecified atom stereocenters. The summed E-state index contributed by atoms with van der Waals surface area (Å²) >= 11 is 0. The molecule has 106 valence electrons. The Balaban J connectivity index is 2.12. The fourth-order valence-corrected chi connectivity index (χ4v) is 2.72. The number of furan rings is 1. The molecule has 1 aromatic heterocycles. The van der Waals surface area contributed by atoms with Gasteiger partial charge in [-0.3, -0.25) is 10.1 Å². The maximum atomic E-state index is 11.0. The summed E-state index contributed by atoms with van der Waals surface area (Å²) in [7, 11) is 0. The van der Waals surface area contributed by atoms with Crippen LogP contribution in [-0.4, -0.2) is 4.92 Å². The third-order valence-electron chi connectivity index (χ3n) is 3.83. The van der Waals surface area contributed by atoms with Crippen LogP contribution in [0.2, 0.25) is 0 Å². The molecular formula is C17H15NO3. The molecule has 21 heavy (non-hydrogen) atoms. The fourth-order valence-electron chi connectivity index (χ4n) is 2.72. The summed E-state index contributed by atoms with van der Waals surface area (Å²) in [6.07, 6.45) is 0.689. The van der Waals surface area contributed by atoms with Gasteiger partial charge in [0.15, 0.2) is 0 Å². The van der Waals surface area contributed by atoms with E-state index in [2.05, 4.69) is 0 Å². The van der Waals surface area contributed by atoms with Gasteiger partial charge in [-0.15, -0.1) is 0 Å². The van der Waals surface area contributed by atoms with Crippen LogP contribution >= 0.6 is 0 Å². The van der Waals surface area contributed by atoms with Crippen LogP contribution in [0.15, 0.2) is 46.9 Å². The topological polar surface area (TPSA) is 56.3 Å². The zero-order valence-electron chi connectivity index (χ0n) is 11.9. The SMILES string of the molecule is Cc1c([N+](=O)[O-])ccc2oc(Cc3ccccc3)c(C)c12. The highest BCUT2D eigenvalue weighted by molar-refractivity contribution is 5.88. The summed E-state index contributed by atoms with van der Waals surface area (Å²) in [6.45, 7) is 3.73. The molecule has 0 saturated heterocycles. The smallest absolute Gasteiger partial charge is 0.273 e. The number of aryl methyl sites for hydroxylation is 2. The molecule has 0 aliphatic rings. The molecule has 4 heteroatoms. The van der Waals surface area contributed by atoms with E-state index in [9.17, 15) is 10.1 Å². The largest absolute Gasteiger partial charge is 0.460 e. The highest BCUT2D eigenvalue weighted by Gasteiger charge is 2.19. The van der Waals surface area contributed by atoms with Crippen molar-refractivity contribution >= 4 is 16.7 Å². The molecule has 0 amide bonds. The second-order valence-electron chi connectivity index (χ2n) is 5.15. The number of nitrogens with zero attached hydrogens (tertiary/aromatic N) is 1. The lowest BCUT2D eigenvalue weighted by molar-refractivity contribution is -0.385. The Bertz CT molecular complexity index is 819. The van der Waals surface area contributed by atoms with E-state index in [0.717, 1.165) is 22.3 Å². The molecule has 3 rings (SSSR count). The van der Waals surface area contributed by atoms with Gasteiger partial charge >= 0.3 is 0 Å². The second-order valence-corrected chi connectivity index (χ2v) is 5.15. The van der Waals surface area contributed by atoms with Crippen molar-refractivity contribution in [1.82, 2.24) is 0 Å². The van der Waals surface area contributed by atoms with Crippen molar-refractivity contribution < 1.29 is 9.34 Å². The van der Waals surface area contributed by atoms with E-state index in [-0.39, 0.29) is 10.6 Å². The van der Waals surface area contributed by atoms with Gasteiger partial charge in [0.2, 0.25) is 0 Å². The van der Waals surface area contributed by atoms with Crippen molar-refractivity contribution in [3.05, 3.63) is 75.0 Å². The first-order chi connectivity index (χ1) is 10.1. The van der Waals surface area contributed by atoms with Gasteiger partial charge in [0.1, 0.15) is 11.3 Å². The minimum absolute atomic E-state index is 0.137. The third-order valence-corrected chi connectivity index (χ3v) is 3.83. The van der Waals surface area contributed by atoms with Crippen LogP contribution in [0.1, 0.15) is 22.5 Å². The quantitative estimate of drug-likeness (QED) is 0.522. The van der Waals surface area contributed by atoms with E-state index in [0.29, 0.717) is 17.6 Å². The summed E-state index contributed by atoms with van der Waals surface area (Å²) in [6, 6.07) is 13.2. The number of rotatable bonds is 3. The summed E-state index contributed by atoms with van der Waals surface area (Å²) in [5, 5.41) is 11.9. The lowest BCUT2D eigenvalue weighted by Crippen LogP contribution is -1.92. The van der Waals surface area contributed by atoms with E-state index < -0.39 is 0 Å². The van der Waals surface area contributed by atoms with Gasteiger partial charge in [-0.1, -0.05) is 30.3 Å². The lowest BCUT2D eigenvalue weighted by Gasteiger charge is -2.00. The van der Waals surface area contributed by atoms with Gasteiger partial charge in [0, 0.05) is 23.4 Å². The molecule has 0 saturated carbocycles. The maximum Gasteiger partial charge on any atom is 0.273 e. The Morgan fingerprint density at radius 1 is 1.05 bits per heavy atom. The Hall–Kier alpha value is -2.62. The van der Waals surface area contributed by atoms with E-state index >= 15 is 0 Å². The van der Waals surface area contributed by atoms with Crippen LogP contribution < -0.4 is 0 Å². The predicted molar refractivity (Wildman–Crippen MR) is 81.6 cm³/mol. The van der Waals surface area contributed by atoms with Crippen LogP contribution in [0.4, 0.5) is 5.69 Å². The van der Waals surface area contributed by atoms with E-state index in [1.165, 1.54) is 6.07 Å². The van der Waals surface area contributed by atoms with Crippen molar-refractivity contribution in [2.45, 2.75) is 20.3 Å². The van der Waals surface area contributed by atoms with Crippen molar-refractivity contribution in [2.75, 3.05) is 0 Å². The molecule has 2 aromatic carbocycles. The molecule has 0 spiro atoms. The molecule has 0 N–H and O–H groups in total.